The second kappa shape index (κ2) is 7.53. The van der Waals surface area contributed by atoms with Gasteiger partial charge in [-0.3, -0.25) is 9.59 Å². The molecule has 3 nitrogen and oxygen atoms in total. The van der Waals surface area contributed by atoms with E-state index in [2.05, 4.69) is 6.92 Å². The molecule has 1 heterocycles. The van der Waals surface area contributed by atoms with Crippen LogP contribution in [0.5, 0.6) is 0 Å². The van der Waals surface area contributed by atoms with E-state index in [9.17, 15) is 22.8 Å². The fraction of sp³-hybridized carbons (Fsp3) is 0.733. The first kappa shape index (κ1) is 19.1. The van der Waals surface area contributed by atoms with Crippen molar-refractivity contribution < 1.29 is 27.9 Å². The number of ketones is 1. The zero-order valence-electron chi connectivity index (χ0n) is 12.8. The van der Waals surface area contributed by atoms with Gasteiger partial charge >= 0.3 is 6.18 Å². The Balaban J connectivity index is 2.70. The maximum absolute atomic E-state index is 12.5. The van der Waals surface area contributed by atoms with Gasteiger partial charge < -0.3 is 5.11 Å². The normalized spacial score (nSPS) is 25.0. The number of allylic oxidation sites excluding steroid dienone is 1. The molecule has 0 amide bonds. The maximum atomic E-state index is 12.5. The predicted molar refractivity (Wildman–Crippen MR) is 79.7 cm³/mol. The molecule has 7 heteroatoms. The number of halogens is 3. The lowest BCUT2D eigenvalue weighted by molar-refractivity contribution is -0.130. The average molecular weight is 338 g/mol. The van der Waals surface area contributed by atoms with E-state index < -0.39 is 33.2 Å². The Kier molecular flexibility index (Phi) is 6.52. The highest BCUT2D eigenvalue weighted by Gasteiger charge is 2.52. The molecule has 1 rings (SSSR count). The second-order valence-electron chi connectivity index (χ2n) is 5.69. The van der Waals surface area contributed by atoms with Gasteiger partial charge in [-0.25, -0.2) is 0 Å². The van der Waals surface area contributed by atoms with Crippen LogP contribution < -0.4 is 0 Å². The van der Waals surface area contributed by atoms with E-state index >= 15 is 0 Å². The molecule has 1 aliphatic heterocycles. The van der Waals surface area contributed by atoms with Crippen molar-refractivity contribution >= 4 is 22.7 Å². The third-order valence-electron chi connectivity index (χ3n) is 3.74. The monoisotopic (exact) mass is 338 g/mol. The highest BCUT2D eigenvalue weighted by Crippen LogP contribution is 2.45. The lowest BCUT2D eigenvalue weighted by Gasteiger charge is -2.19. The molecule has 0 aromatic heterocycles. The summed E-state index contributed by atoms with van der Waals surface area (Å²) < 4.78 is 36.3. The summed E-state index contributed by atoms with van der Waals surface area (Å²) in [6.07, 6.45) is 1.16. The van der Waals surface area contributed by atoms with Gasteiger partial charge in [-0.05, 0) is 13.3 Å². The van der Waals surface area contributed by atoms with Gasteiger partial charge in [0.15, 0.2) is 5.78 Å². The summed E-state index contributed by atoms with van der Waals surface area (Å²) in [5.74, 6) is -2.98. The van der Waals surface area contributed by atoms with Crippen LogP contribution in [-0.4, -0.2) is 26.9 Å². The Morgan fingerprint density at radius 2 is 1.68 bits per heavy atom. The van der Waals surface area contributed by atoms with Crippen LogP contribution in [0.1, 0.15) is 58.8 Å². The van der Waals surface area contributed by atoms with E-state index in [0.29, 0.717) is 24.6 Å². The van der Waals surface area contributed by atoms with E-state index in [4.69, 9.17) is 5.11 Å². The number of hydrogen-bond donors (Lipinski definition) is 1. The Labute approximate surface area is 132 Å². The van der Waals surface area contributed by atoms with Crippen molar-refractivity contribution in [3.8, 4) is 0 Å². The van der Waals surface area contributed by atoms with Crippen LogP contribution >= 0.6 is 11.8 Å². The minimum atomic E-state index is -5.08. The van der Waals surface area contributed by atoms with Gasteiger partial charge in [0.1, 0.15) is 5.57 Å². The van der Waals surface area contributed by atoms with Crippen molar-refractivity contribution in [2.24, 2.45) is 0 Å². The van der Waals surface area contributed by atoms with Crippen LogP contribution in [0.25, 0.3) is 0 Å². The SMILES string of the molecule is CCCCCCCC[C@@]1(C)SC(=O)/C(=C(\O)C(F)(F)F)C1=O. The summed E-state index contributed by atoms with van der Waals surface area (Å²) in [7, 11) is 0. The van der Waals surface area contributed by atoms with Crippen LogP contribution in [0.15, 0.2) is 11.3 Å². The van der Waals surface area contributed by atoms with E-state index in [1.165, 1.54) is 6.92 Å². The molecule has 1 N–H and O–H groups in total. The molecule has 0 unspecified atom stereocenters. The minimum Gasteiger partial charge on any atom is -0.504 e. The lowest BCUT2D eigenvalue weighted by atomic mass is 9.93. The highest BCUT2D eigenvalue weighted by molar-refractivity contribution is 8.17. The molecule has 1 fully saturated rings. The number of hydrogen-bond acceptors (Lipinski definition) is 4. The second-order valence-corrected chi connectivity index (χ2v) is 7.16. The molecule has 0 spiro atoms. The smallest absolute Gasteiger partial charge is 0.449 e. The van der Waals surface area contributed by atoms with E-state index in [0.717, 1.165) is 32.1 Å². The first-order valence-electron chi connectivity index (χ1n) is 7.42. The number of carbonyl (C=O) groups is 2. The summed E-state index contributed by atoms with van der Waals surface area (Å²) in [6, 6.07) is 0. The molecule has 0 bridgehead atoms. The Morgan fingerprint density at radius 3 is 2.23 bits per heavy atom. The van der Waals surface area contributed by atoms with Gasteiger partial charge in [0.25, 0.3) is 0 Å². The largest absolute Gasteiger partial charge is 0.504 e. The molecular formula is C15H21F3O3S. The van der Waals surface area contributed by atoms with Crippen LogP contribution in [-0.2, 0) is 9.59 Å². The summed E-state index contributed by atoms with van der Waals surface area (Å²) in [6.45, 7) is 3.57. The number of carbonyl (C=O) groups excluding carboxylic acids is 2. The molecule has 0 saturated carbocycles. The van der Waals surface area contributed by atoms with Crippen LogP contribution in [0.4, 0.5) is 13.2 Å². The van der Waals surface area contributed by atoms with Crippen molar-refractivity contribution in [2.75, 3.05) is 0 Å². The van der Waals surface area contributed by atoms with Crippen LogP contribution in [0.2, 0.25) is 0 Å². The summed E-state index contributed by atoms with van der Waals surface area (Å²) in [5.41, 5.74) is -1.11. The topological polar surface area (TPSA) is 54.4 Å². The molecular weight excluding hydrogens is 317 g/mol. The van der Waals surface area contributed by atoms with Crippen molar-refractivity contribution in [3.05, 3.63) is 11.3 Å². The molecule has 1 atom stereocenters. The van der Waals surface area contributed by atoms with Crippen LogP contribution in [0.3, 0.4) is 0 Å². The third kappa shape index (κ3) is 4.51. The first-order chi connectivity index (χ1) is 10.1. The standard InChI is InChI=1S/C15H21F3O3S/c1-3-4-5-6-7-8-9-14(2)11(19)10(13(21)22-14)12(20)15(16,17)18/h20H,3-9H2,1-2H3/b12-10-/t14-/m1/s1. The molecule has 126 valence electrons. The van der Waals surface area contributed by atoms with E-state index in [-0.39, 0.29) is 0 Å². The average Bonchev–Trinajstić information content (AvgIpc) is 2.63. The van der Waals surface area contributed by atoms with Gasteiger partial charge in [0.05, 0.1) is 4.75 Å². The van der Waals surface area contributed by atoms with Crippen molar-refractivity contribution in [1.82, 2.24) is 0 Å². The van der Waals surface area contributed by atoms with E-state index in [1.807, 2.05) is 0 Å². The zero-order valence-corrected chi connectivity index (χ0v) is 13.6. The van der Waals surface area contributed by atoms with Gasteiger partial charge in [0.2, 0.25) is 10.9 Å². The Bertz CT molecular complexity index is 471. The minimum absolute atomic E-state index is 0.336. The van der Waals surface area contributed by atoms with E-state index in [1.54, 1.807) is 0 Å². The zero-order chi connectivity index (χ0) is 17.0. The Morgan fingerprint density at radius 1 is 1.14 bits per heavy atom. The fourth-order valence-corrected chi connectivity index (χ4v) is 3.55. The lowest BCUT2D eigenvalue weighted by Crippen LogP contribution is -2.29. The number of aliphatic hydroxyl groups excluding tert-OH is 1. The number of thioether (sulfide) groups is 1. The molecule has 22 heavy (non-hydrogen) atoms. The summed E-state index contributed by atoms with van der Waals surface area (Å²) in [5, 5.41) is 8.13. The molecule has 0 radical (unpaired) electrons. The number of Topliss-reactive ketones (excluding diaryl/α,β-unsaturated/α-hetero) is 1. The van der Waals surface area contributed by atoms with Gasteiger partial charge in [-0.15, -0.1) is 0 Å². The fourth-order valence-electron chi connectivity index (χ4n) is 2.41. The number of rotatable bonds is 7. The number of aliphatic hydroxyl groups is 1. The predicted octanol–water partition coefficient (Wildman–Crippen LogP) is 4.71. The van der Waals surface area contributed by atoms with Crippen molar-refractivity contribution in [3.63, 3.8) is 0 Å². The van der Waals surface area contributed by atoms with Gasteiger partial charge in [0, 0.05) is 0 Å². The first-order valence-corrected chi connectivity index (χ1v) is 8.23. The third-order valence-corrected chi connectivity index (χ3v) is 4.97. The summed E-state index contributed by atoms with van der Waals surface area (Å²) >= 11 is 0.590. The molecule has 1 aliphatic rings. The van der Waals surface area contributed by atoms with Crippen LogP contribution in [0, 0.1) is 0 Å². The maximum Gasteiger partial charge on any atom is 0.449 e. The van der Waals surface area contributed by atoms with Gasteiger partial charge in [-0.2, -0.15) is 13.2 Å². The van der Waals surface area contributed by atoms with Crippen molar-refractivity contribution in [2.45, 2.75) is 69.7 Å². The number of unbranched alkanes of at least 4 members (excludes halogenated alkanes) is 5. The van der Waals surface area contributed by atoms with Crippen molar-refractivity contribution in [1.29, 1.82) is 0 Å². The molecule has 0 aliphatic carbocycles. The quantitative estimate of drug-likeness (QED) is 0.316. The number of alkyl halides is 3. The molecule has 0 aromatic rings. The highest BCUT2D eigenvalue weighted by atomic mass is 32.2. The Hall–Kier alpha value is -0.980. The van der Waals surface area contributed by atoms with Gasteiger partial charge in [-0.1, -0.05) is 57.2 Å². The molecule has 0 aromatic carbocycles. The summed E-state index contributed by atoms with van der Waals surface area (Å²) in [4.78, 5) is 23.8. The molecule has 1 saturated heterocycles.